The van der Waals surface area contributed by atoms with Gasteiger partial charge in [0.1, 0.15) is 5.54 Å². The molecule has 2 heterocycles. The van der Waals surface area contributed by atoms with Crippen molar-refractivity contribution in [2.45, 2.75) is 24.1 Å². The van der Waals surface area contributed by atoms with E-state index in [-0.39, 0.29) is 11.4 Å². The molecule has 1 spiro atoms. The van der Waals surface area contributed by atoms with E-state index in [4.69, 9.17) is 0 Å². The lowest BCUT2D eigenvalue weighted by Gasteiger charge is -2.36. The number of thioether (sulfide) groups is 1. The SMILES string of the molecule is CC1SCCC12NCCNC2=O. The van der Waals surface area contributed by atoms with Crippen LogP contribution < -0.4 is 10.6 Å². The highest BCUT2D eigenvalue weighted by Crippen LogP contribution is 2.36. The molecule has 0 saturated carbocycles. The summed E-state index contributed by atoms with van der Waals surface area (Å²) in [5.74, 6) is 1.30. The van der Waals surface area contributed by atoms with Gasteiger partial charge in [0.15, 0.2) is 0 Å². The van der Waals surface area contributed by atoms with Crippen molar-refractivity contribution in [2.75, 3.05) is 18.8 Å². The van der Waals surface area contributed by atoms with Gasteiger partial charge in [0.2, 0.25) is 5.91 Å². The molecule has 2 rings (SSSR count). The van der Waals surface area contributed by atoms with Crippen molar-refractivity contribution in [3.05, 3.63) is 0 Å². The molecular formula is C8H14N2OS. The molecule has 2 aliphatic heterocycles. The van der Waals surface area contributed by atoms with Crippen LogP contribution in [0.15, 0.2) is 0 Å². The maximum Gasteiger partial charge on any atom is 0.241 e. The lowest BCUT2D eigenvalue weighted by molar-refractivity contribution is -0.129. The van der Waals surface area contributed by atoms with Gasteiger partial charge < -0.3 is 10.6 Å². The van der Waals surface area contributed by atoms with Crippen LogP contribution in [0.3, 0.4) is 0 Å². The summed E-state index contributed by atoms with van der Waals surface area (Å²) < 4.78 is 0. The number of hydrogen-bond acceptors (Lipinski definition) is 3. The molecule has 2 aliphatic rings. The summed E-state index contributed by atoms with van der Waals surface area (Å²) in [4.78, 5) is 11.6. The molecule has 1 amide bonds. The van der Waals surface area contributed by atoms with E-state index in [2.05, 4.69) is 17.6 Å². The van der Waals surface area contributed by atoms with Crippen molar-refractivity contribution >= 4 is 17.7 Å². The second-order valence-corrected chi connectivity index (χ2v) is 4.87. The van der Waals surface area contributed by atoms with Crippen molar-refractivity contribution in [3.8, 4) is 0 Å². The zero-order valence-corrected chi connectivity index (χ0v) is 8.04. The van der Waals surface area contributed by atoms with E-state index in [0.29, 0.717) is 5.25 Å². The third kappa shape index (κ3) is 1.05. The molecule has 3 nitrogen and oxygen atoms in total. The minimum absolute atomic E-state index is 0.200. The number of carbonyl (C=O) groups excluding carboxylic acids is 1. The van der Waals surface area contributed by atoms with Crippen LogP contribution in [0.4, 0.5) is 0 Å². The molecule has 4 heteroatoms. The quantitative estimate of drug-likeness (QED) is 0.558. The summed E-state index contributed by atoms with van der Waals surface area (Å²) in [5, 5.41) is 6.71. The molecule has 0 aromatic rings. The van der Waals surface area contributed by atoms with Crippen LogP contribution in [-0.4, -0.2) is 35.5 Å². The van der Waals surface area contributed by atoms with E-state index >= 15 is 0 Å². The molecular weight excluding hydrogens is 172 g/mol. The third-order valence-corrected chi connectivity index (χ3v) is 4.16. The molecule has 68 valence electrons. The Morgan fingerprint density at radius 3 is 3.00 bits per heavy atom. The Labute approximate surface area is 76.7 Å². The van der Waals surface area contributed by atoms with Crippen molar-refractivity contribution in [1.29, 1.82) is 0 Å². The summed E-state index contributed by atoms with van der Waals surface area (Å²) >= 11 is 1.88. The fraction of sp³-hybridized carbons (Fsp3) is 0.875. The molecule has 0 radical (unpaired) electrons. The van der Waals surface area contributed by atoms with E-state index in [9.17, 15) is 4.79 Å². The van der Waals surface area contributed by atoms with Crippen LogP contribution in [0, 0.1) is 0 Å². The largest absolute Gasteiger partial charge is 0.353 e. The molecule has 0 aromatic carbocycles. The number of amides is 1. The van der Waals surface area contributed by atoms with Crippen LogP contribution in [0.2, 0.25) is 0 Å². The van der Waals surface area contributed by atoms with Crippen LogP contribution in [0.5, 0.6) is 0 Å². The van der Waals surface area contributed by atoms with Gasteiger partial charge in [-0.05, 0) is 12.2 Å². The highest BCUT2D eigenvalue weighted by atomic mass is 32.2. The summed E-state index contributed by atoms with van der Waals surface area (Å²) in [5.41, 5.74) is -0.247. The van der Waals surface area contributed by atoms with E-state index in [1.807, 2.05) is 11.8 Å². The normalized spacial score (nSPS) is 41.8. The first-order chi connectivity index (χ1) is 5.76. The van der Waals surface area contributed by atoms with Crippen molar-refractivity contribution < 1.29 is 4.79 Å². The number of hydrogen-bond donors (Lipinski definition) is 2. The number of nitrogens with one attached hydrogen (secondary N) is 2. The number of carbonyl (C=O) groups is 1. The highest BCUT2D eigenvalue weighted by Gasteiger charge is 2.48. The second-order valence-electron chi connectivity index (χ2n) is 3.42. The van der Waals surface area contributed by atoms with Crippen molar-refractivity contribution in [3.63, 3.8) is 0 Å². The molecule has 2 unspecified atom stereocenters. The Morgan fingerprint density at radius 1 is 1.58 bits per heavy atom. The minimum atomic E-state index is -0.247. The topological polar surface area (TPSA) is 41.1 Å². The Kier molecular flexibility index (Phi) is 2.04. The fourth-order valence-electron chi connectivity index (χ4n) is 1.97. The number of rotatable bonds is 0. The predicted octanol–water partition coefficient (Wildman–Crippen LogP) is -0.0300. The van der Waals surface area contributed by atoms with Gasteiger partial charge in [-0.1, -0.05) is 6.92 Å². The van der Waals surface area contributed by atoms with Gasteiger partial charge in [0.05, 0.1) is 0 Å². The first-order valence-electron chi connectivity index (χ1n) is 4.41. The van der Waals surface area contributed by atoms with Gasteiger partial charge in [-0.25, -0.2) is 0 Å². The van der Waals surface area contributed by atoms with Crippen LogP contribution >= 0.6 is 11.8 Å². The Hall–Kier alpha value is -0.220. The molecule has 2 fully saturated rings. The highest BCUT2D eigenvalue weighted by molar-refractivity contribution is 8.00. The van der Waals surface area contributed by atoms with Gasteiger partial charge in [0.25, 0.3) is 0 Å². The average Bonchev–Trinajstić information content (AvgIpc) is 2.41. The first-order valence-corrected chi connectivity index (χ1v) is 5.45. The summed E-state index contributed by atoms with van der Waals surface area (Å²) in [6, 6.07) is 0. The van der Waals surface area contributed by atoms with E-state index in [1.54, 1.807) is 0 Å². The molecule has 0 bridgehead atoms. The Bertz CT molecular complexity index is 209. The third-order valence-electron chi connectivity index (χ3n) is 2.81. The van der Waals surface area contributed by atoms with Gasteiger partial charge in [0, 0.05) is 18.3 Å². The summed E-state index contributed by atoms with van der Waals surface area (Å²) in [6.07, 6.45) is 0.977. The van der Waals surface area contributed by atoms with Crippen LogP contribution in [0.1, 0.15) is 13.3 Å². The second kappa shape index (κ2) is 2.92. The van der Waals surface area contributed by atoms with Gasteiger partial charge in [-0.2, -0.15) is 11.8 Å². The Balaban J connectivity index is 2.21. The summed E-state index contributed by atoms with van der Waals surface area (Å²) in [6.45, 7) is 3.82. The molecule has 0 aliphatic carbocycles. The maximum atomic E-state index is 11.6. The van der Waals surface area contributed by atoms with E-state index < -0.39 is 0 Å². The molecule has 2 N–H and O–H groups in total. The van der Waals surface area contributed by atoms with Gasteiger partial charge >= 0.3 is 0 Å². The summed E-state index contributed by atoms with van der Waals surface area (Å²) in [7, 11) is 0. The molecule has 2 saturated heterocycles. The van der Waals surface area contributed by atoms with E-state index in [0.717, 1.165) is 25.3 Å². The smallest absolute Gasteiger partial charge is 0.241 e. The van der Waals surface area contributed by atoms with Crippen molar-refractivity contribution in [1.82, 2.24) is 10.6 Å². The standard InChI is InChI=1S/C8H14N2OS/c1-6-8(2-5-12-6)7(11)9-3-4-10-8/h6,10H,2-5H2,1H3,(H,9,11). The zero-order valence-electron chi connectivity index (χ0n) is 7.22. The monoisotopic (exact) mass is 186 g/mol. The molecule has 12 heavy (non-hydrogen) atoms. The average molecular weight is 186 g/mol. The molecule has 0 aromatic heterocycles. The first kappa shape index (κ1) is 8.38. The van der Waals surface area contributed by atoms with Crippen molar-refractivity contribution in [2.24, 2.45) is 0 Å². The fourth-order valence-corrected chi connectivity index (χ4v) is 3.36. The zero-order chi connectivity index (χ0) is 8.60. The van der Waals surface area contributed by atoms with Gasteiger partial charge in [-0.15, -0.1) is 0 Å². The number of piperazine rings is 1. The van der Waals surface area contributed by atoms with Gasteiger partial charge in [-0.3, -0.25) is 4.79 Å². The lowest BCUT2D eigenvalue weighted by Crippen LogP contribution is -2.65. The van der Waals surface area contributed by atoms with Crippen LogP contribution in [0.25, 0.3) is 0 Å². The minimum Gasteiger partial charge on any atom is -0.353 e. The molecule has 2 atom stereocenters. The predicted molar refractivity (Wildman–Crippen MR) is 50.3 cm³/mol. The van der Waals surface area contributed by atoms with Crippen LogP contribution in [-0.2, 0) is 4.79 Å². The lowest BCUT2D eigenvalue weighted by atomic mass is 9.90. The maximum absolute atomic E-state index is 11.6. The van der Waals surface area contributed by atoms with E-state index in [1.165, 1.54) is 0 Å². The Morgan fingerprint density at radius 2 is 2.42 bits per heavy atom.